The molecule has 7 nitrogen and oxygen atoms in total. The van der Waals surface area contributed by atoms with Crippen LogP contribution in [0.2, 0.25) is 0 Å². The molecule has 2 aromatic rings. The van der Waals surface area contributed by atoms with Crippen LogP contribution in [-0.2, 0) is 9.59 Å². The number of ether oxygens (including phenoxy) is 3. The highest BCUT2D eigenvalue weighted by molar-refractivity contribution is 6.01. The van der Waals surface area contributed by atoms with Crippen molar-refractivity contribution in [2.24, 2.45) is 0 Å². The van der Waals surface area contributed by atoms with E-state index in [9.17, 15) is 9.59 Å². The molecule has 0 aromatic heterocycles. The lowest BCUT2D eigenvalue weighted by molar-refractivity contribution is -0.126. The minimum absolute atomic E-state index is 0.122. The van der Waals surface area contributed by atoms with Crippen molar-refractivity contribution in [3.05, 3.63) is 42.5 Å². The van der Waals surface area contributed by atoms with Crippen LogP contribution in [0.3, 0.4) is 0 Å². The zero-order valence-corrected chi connectivity index (χ0v) is 17.6. The Morgan fingerprint density at radius 1 is 1.07 bits per heavy atom. The van der Waals surface area contributed by atoms with E-state index in [1.54, 1.807) is 23.1 Å². The van der Waals surface area contributed by atoms with Gasteiger partial charge in [0.15, 0.2) is 17.6 Å². The molecule has 1 heterocycles. The van der Waals surface area contributed by atoms with E-state index in [-0.39, 0.29) is 24.8 Å². The van der Waals surface area contributed by atoms with E-state index < -0.39 is 6.10 Å². The Labute approximate surface area is 176 Å². The molecule has 7 heteroatoms. The Bertz CT molecular complexity index is 899. The van der Waals surface area contributed by atoms with Gasteiger partial charge in [0.25, 0.3) is 5.91 Å². The van der Waals surface area contributed by atoms with Crippen LogP contribution in [0, 0.1) is 0 Å². The molecule has 1 N–H and O–H groups in total. The maximum absolute atomic E-state index is 12.7. The summed E-state index contributed by atoms with van der Waals surface area (Å²) in [4.78, 5) is 26.9. The van der Waals surface area contributed by atoms with Gasteiger partial charge in [0.2, 0.25) is 5.91 Å². The summed E-state index contributed by atoms with van der Waals surface area (Å²) in [6.07, 6.45) is 0.207. The smallest absolute Gasteiger partial charge is 0.268 e. The molecule has 30 heavy (non-hydrogen) atoms. The average molecular weight is 412 g/mol. The first-order valence-corrected chi connectivity index (χ1v) is 10.3. The Morgan fingerprint density at radius 2 is 1.80 bits per heavy atom. The van der Waals surface area contributed by atoms with E-state index in [0.717, 1.165) is 0 Å². The van der Waals surface area contributed by atoms with Crippen molar-refractivity contribution < 1.29 is 23.8 Å². The molecule has 2 aromatic carbocycles. The van der Waals surface area contributed by atoms with E-state index in [1.165, 1.54) is 0 Å². The zero-order valence-electron chi connectivity index (χ0n) is 17.6. The Hall–Kier alpha value is -3.22. The number of nitrogens with one attached hydrogen (secondary N) is 1. The molecule has 0 bridgehead atoms. The van der Waals surface area contributed by atoms with Crippen molar-refractivity contribution in [1.82, 2.24) is 0 Å². The number of nitrogens with zero attached hydrogens (tertiary/aromatic N) is 1. The minimum Gasteiger partial charge on any atom is -0.490 e. The maximum atomic E-state index is 12.7. The summed E-state index contributed by atoms with van der Waals surface area (Å²) in [5, 5.41) is 2.87. The van der Waals surface area contributed by atoms with Gasteiger partial charge in [0.05, 0.1) is 18.9 Å². The topological polar surface area (TPSA) is 77.1 Å². The van der Waals surface area contributed by atoms with Gasteiger partial charge in [0, 0.05) is 24.7 Å². The third-order valence-corrected chi connectivity index (χ3v) is 4.73. The van der Waals surface area contributed by atoms with Gasteiger partial charge in [0.1, 0.15) is 5.75 Å². The first kappa shape index (κ1) is 21.5. The lowest BCUT2D eigenvalue weighted by Gasteiger charge is -2.33. The van der Waals surface area contributed by atoms with Gasteiger partial charge in [-0.15, -0.1) is 0 Å². The van der Waals surface area contributed by atoms with Crippen LogP contribution in [-0.4, -0.2) is 37.7 Å². The molecule has 1 aliphatic rings. The Kier molecular flexibility index (Phi) is 7.17. The van der Waals surface area contributed by atoms with Crippen molar-refractivity contribution in [3.8, 4) is 17.2 Å². The van der Waals surface area contributed by atoms with Crippen LogP contribution < -0.4 is 24.4 Å². The lowest BCUT2D eigenvalue weighted by atomic mass is 10.1. The van der Waals surface area contributed by atoms with Crippen molar-refractivity contribution >= 4 is 23.2 Å². The number of hydrogen-bond donors (Lipinski definition) is 1. The fourth-order valence-electron chi connectivity index (χ4n) is 3.33. The summed E-state index contributed by atoms with van der Waals surface area (Å²) in [5.74, 6) is 1.58. The Morgan fingerprint density at radius 3 is 2.53 bits per heavy atom. The van der Waals surface area contributed by atoms with Crippen LogP contribution >= 0.6 is 0 Å². The van der Waals surface area contributed by atoms with Crippen molar-refractivity contribution in [3.63, 3.8) is 0 Å². The van der Waals surface area contributed by atoms with Crippen LogP contribution in [0.25, 0.3) is 0 Å². The number of amides is 2. The van der Waals surface area contributed by atoms with Crippen molar-refractivity contribution in [2.45, 2.75) is 39.7 Å². The highest BCUT2D eigenvalue weighted by Gasteiger charge is 2.33. The van der Waals surface area contributed by atoms with Crippen molar-refractivity contribution in [2.75, 3.05) is 30.0 Å². The predicted molar refractivity (Wildman–Crippen MR) is 116 cm³/mol. The van der Waals surface area contributed by atoms with E-state index in [2.05, 4.69) is 5.32 Å². The fourth-order valence-corrected chi connectivity index (χ4v) is 3.33. The molecule has 0 radical (unpaired) electrons. The molecule has 0 fully saturated rings. The number of benzene rings is 2. The first-order valence-electron chi connectivity index (χ1n) is 10.3. The second-order valence-corrected chi connectivity index (χ2v) is 6.80. The fraction of sp³-hybridized carbons (Fsp3) is 0.391. The molecule has 160 valence electrons. The highest BCUT2D eigenvalue weighted by Crippen LogP contribution is 2.34. The number of fused-ring (bicyclic) bond motifs is 1. The number of hydrogen-bond acceptors (Lipinski definition) is 5. The monoisotopic (exact) mass is 412 g/mol. The first-order chi connectivity index (χ1) is 14.6. The van der Waals surface area contributed by atoms with Crippen LogP contribution in [0.5, 0.6) is 17.2 Å². The number of carbonyl (C=O) groups excluding carboxylic acids is 2. The van der Waals surface area contributed by atoms with Gasteiger partial charge < -0.3 is 24.4 Å². The quantitative estimate of drug-likeness (QED) is 0.673. The summed E-state index contributed by atoms with van der Waals surface area (Å²) in [6, 6.07) is 12.7. The number of carbonyl (C=O) groups is 2. The predicted octanol–water partition coefficient (Wildman–Crippen LogP) is 4.02. The highest BCUT2D eigenvalue weighted by atomic mass is 16.5. The van der Waals surface area contributed by atoms with Crippen LogP contribution in [0.4, 0.5) is 11.4 Å². The molecule has 1 atom stereocenters. The number of para-hydroxylation sites is 2. The third-order valence-electron chi connectivity index (χ3n) is 4.73. The summed E-state index contributed by atoms with van der Waals surface area (Å²) >= 11 is 0. The molecule has 1 aliphatic heterocycles. The van der Waals surface area contributed by atoms with Crippen LogP contribution in [0.15, 0.2) is 42.5 Å². The molecule has 3 rings (SSSR count). The zero-order chi connectivity index (χ0) is 21.5. The number of anilines is 2. The van der Waals surface area contributed by atoms with E-state index in [1.807, 2.05) is 45.0 Å². The molecule has 0 aliphatic carbocycles. The van der Waals surface area contributed by atoms with E-state index >= 15 is 0 Å². The second kappa shape index (κ2) is 10.0. The largest absolute Gasteiger partial charge is 0.490 e. The summed E-state index contributed by atoms with van der Waals surface area (Å²) in [7, 11) is 0. The van der Waals surface area contributed by atoms with Gasteiger partial charge in [-0.05, 0) is 44.5 Å². The summed E-state index contributed by atoms with van der Waals surface area (Å²) in [6.45, 7) is 7.00. The van der Waals surface area contributed by atoms with E-state index in [0.29, 0.717) is 48.3 Å². The van der Waals surface area contributed by atoms with Gasteiger partial charge >= 0.3 is 0 Å². The maximum Gasteiger partial charge on any atom is 0.268 e. The molecule has 2 amide bonds. The third kappa shape index (κ3) is 4.84. The summed E-state index contributed by atoms with van der Waals surface area (Å²) in [5.41, 5.74) is 1.31. The summed E-state index contributed by atoms with van der Waals surface area (Å²) < 4.78 is 16.9. The van der Waals surface area contributed by atoms with Crippen molar-refractivity contribution in [1.29, 1.82) is 0 Å². The van der Waals surface area contributed by atoms with Gasteiger partial charge in [-0.3, -0.25) is 9.59 Å². The van der Waals surface area contributed by atoms with Gasteiger partial charge in [-0.2, -0.15) is 0 Å². The molecule has 0 saturated heterocycles. The second-order valence-electron chi connectivity index (χ2n) is 6.80. The van der Waals surface area contributed by atoms with Crippen LogP contribution in [0.1, 0.15) is 33.6 Å². The Balaban J connectivity index is 1.67. The molecular weight excluding hydrogens is 384 g/mol. The standard InChI is InChI=1S/C23H28N2O5/c1-4-18-23(27)25(17-9-7-8-10-19(17)30-18)14-13-22(26)24-16-11-12-20(28-5-2)21(15-16)29-6-3/h7-12,15,18H,4-6,13-14H2,1-3H3,(H,24,26). The van der Waals surface area contributed by atoms with Gasteiger partial charge in [-0.25, -0.2) is 0 Å². The average Bonchev–Trinajstić information content (AvgIpc) is 2.75. The van der Waals surface area contributed by atoms with Gasteiger partial charge in [-0.1, -0.05) is 19.1 Å². The molecular formula is C23H28N2O5. The SMILES string of the molecule is CCOc1ccc(NC(=O)CCN2C(=O)C(CC)Oc3ccccc32)cc1OCC. The number of rotatable bonds is 9. The van der Waals surface area contributed by atoms with E-state index in [4.69, 9.17) is 14.2 Å². The lowest BCUT2D eigenvalue weighted by Crippen LogP contribution is -2.46. The minimum atomic E-state index is -0.525. The molecule has 0 spiro atoms. The molecule has 1 unspecified atom stereocenters. The molecule has 0 saturated carbocycles. The normalized spacial score (nSPS) is 15.2.